The molecule has 4 N–H and O–H groups in total. The van der Waals surface area contributed by atoms with Gasteiger partial charge in [0.1, 0.15) is 5.82 Å². The van der Waals surface area contributed by atoms with E-state index in [1.165, 1.54) is 4.88 Å². The van der Waals surface area contributed by atoms with Crippen molar-refractivity contribution in [2.75, 3.05) is 17.6 Å². The molecule has 0 radical (unpaired) electrons. The van der Waals surface area contributed by atoms with E-state index in [9.17, 15) is 0 Å². The molecule has 1 aromatic carbocycles. The highest BCUT2D eigenvalue weighted by Crippen LogP contribution is 2.28. The first-order valence-electron chi connectivity index (χ1n) is 7.76. The third-order valence-corrected chi connectivity index (χ3v) is 4.83. The molecule has 0 unspecified atom stereocenters. The van der Waals surface area contributed by atoms with Gasteiger partial charge in [-0.15, -0.1) is 11.3 Å². The molecule has 0 saturated heterocycles. The third-order valence-electron chi connectivity index (χ3n) is 3.89. The molecule has 0 bridgehead atoms. The average molecular weight is 335 g/mol. The molecule has 5 nitrogen and oxygen atoms in total. The molecule has 4 rings (SSSR count). The van der Waals surface area contributed by atoms with Gasteiger partial charge in [-0.1, -0.05) is 18.2 Å². The van der Waals surface area contributed by atoms with Crippen molar-refractivity contribution in [3.63, 3.8) is 0 Å². The van der Waals surface area contributed by atoms with Crippen molar-refractivity contribution in [1.29, 1.82) is 0 Å². The van der Waals surface area contributed by atoms with Crippen LogP contribution in [0.25, 0.3) is 22.2 Å². The summed E-state index contributed by atoms with van der Waals surface area (Å²) in [5, 5.41) is 13.7. The Bertz CT molecular complexity index is 945. The Morgan fingerprint density at radius 2 is 2.12 bits per heavy atom. The van der Waals surface area contributed by atoms with Crippen LogP contribution in [0.15, 0.2) is 54.0 Å². The number of aromatic nitrogens is 3. The van der Waals surface area contributed by atoms with Crippen LogP contribution in [0, 0.1) is 0 Å². The number of rotatable bonds is 5. The molecule has 24 heavy (non-hydrogen) atoms. The second-order valence-corrected chi connectivity index (χ2v) is 6.57. The van der Waals surface area contributed by atoms with Gasteiger partial charge in [0.2, 0.25) is 0 Å². The molecule has 0 saturated carbocycles. The molecule has 0 aliphatic heterocycles. The highest BCUT2D eigenvalue weighted by atomic mass is 32.1. The molecule has 120 valence electrons. The fourth-order valence-corrected chi connectivity index (χ4v) is 3.46. The summed E-state index contributed by atoms with van der Waals surface area (Å²) < 4.78 is 0. The molecule has 4 aromatic rings. The summed E-state index contributed by atoms with van der Waals surface area (Å²) in [5.74, 6) is 0.514. The second-order valence-electron chi connectivity index (χ2n) is 5.54. The van der Waals surface area contributed by atoms with Gasteiger partial charge in [0.25, 0.3) is 0 Å². The Morgan fingerprint density at radius 3 is 2.92 bits per heavy atom. The fourth-order valence-electron chi connectivity index (χ4n) is 2.75. The Balaban J connectivity index is 1.62. The molecule has 0 aliphatic carbocycles. The summed E-state index contributed by atoms with van der Waals surface area (Å²) in [5.41, 5.74) is 9.79. The summed E-state index contributed by atoms with van der Waals surface area (Å²) in [6.45, 7) is 0.861. The lowest BCUT2D eigenvalue weighted by Crippen LogP contribution is -2.05. The minimum absolute atomic E-state index is 0.514. The van der Waals surface area contributed by atoms with Gasteiger partial charge in [-0.3, -0.25) is 5.10 Å². The lowest BCUT2D eigenvalue weighted by atomic mass is 10.1. The van der Waals surface area contributed by atoms with Gasteiger partial charge in [0, 0.05) is 40.3 Å². The lowest BCUT2D eigenvalue weighted by molar-refractivity contribution is 1.05. The number of pyridine rings is 1. The minimum atomic E-state index is 0.514. The fraction of sp³-hybridized carbons (Fsp3) is 0.111. The molecule has 0 fully saturated rings. The van der Waals surface area contributed by atoms with Gasteiger partial charge in [-0.25, -0.2) is 4.98 Å². The standard InChI is InChI=1S/C18H17N5S/c19-18-11-16(20-7-5-13-2-1-9-24-13)14-4-3-12(10-17(14)22-18)15-6-8-21-23-15/h1-4,6,8-11H,5,7H2,(H,21,23)(H3,19,20,22). The average Bonchev–Trinajstić information content (AvgIpc) is 3.28. The van der Waals surface area contributed by atoms with Crippen LogP contribution in [0.5, 0.6) is 0 Å². The number of nitrogens with one attached hydrogen (secondary N) is 2. The number of nitrogens with zero attached hydrogens (tertiary/aromatic N) is 2. The summed E-state index contributed by atoms with van der Waals surface area (Å²) in [4.78, 5) is 5.84. The van der Waals surface area contributed by atoms with Crippen molar-refractivity contribution in [2.24, 2.45) is 0 Å². The number of benzene rings is 1. The highest BCUT2D eigenvalue weighted by molar-refractivity contribution is 7.09. The number of fused-ring (bicyclic) bond motifs is 1. The van der Waals surface area contributed by atoms with E-state index in [2.05, 4.69) is 50.1 Å². The molecule has 0 spiro atoms. The Kier molecular flexibility index (Phi) is 3.88. The van der Waals surface area contributed by atoms with Gasteiger partial charge in [0.05, 0.1) is 11.2 Å². The topological polar surface area (TPSA) is 79.6 Å². The molecule has 0 amide bonds. The highest BCUT2D eigenvalue weighted by Gasteiger charge is 2.07. The Morgan fingerprint density at radius 1 is 1.17 bits per heavy atom. The van der Waals surface area contributed by atoms with Crippen LogP contribution in [0.4, 0.5) is 11.5 Å². The number of hydrogen-bond acceptors (Lipinski definition) is 5. The van der Waals surface area contributed by atoms with E-state index >= 15 is 0 Å². The van der Waals surface area contributed by atoms with E-state index in [1.807, 2.05) is 24.4 Å². The normalized spacial score (nSPS) is 11.0. The minimum Gasteiger partial charge on any atom is -0.384 e. The van der Waals surface area contributed by atoms with Crippen molar-refractivity contribution < 1.29 is 0 Å². The maximum atomic E-state index is 5.99. The summed E-state index contributed by atoms with van der Waals surface area (Å²) in [6.07, 6.45) is 2.80. The van der Waals surface area contributed by atoms with E-state index in [4.69, 9.17) is 5.73 Å². The molecule has 3 aromatic heterocycles. The van der Waals surface area contributed by atoms with Crippen LogP contribution >= 0.6 is 11.3 Å². The van der Waals surface area contributed by atoms with Gasteiger partial charge in [-0.05, 0) is 30.0 Å². The number of nitrogens with two attached hydrogens (primary N) is 1. The van der Waals surface area contributed by atoms with Crippen LogP contribution in [0.1, 0.15) is 4.88 Å². The predicted molar refractivity (Wildman–Crippen MR) is 100 cm³/mol. The van der Waals surface area contributed by atoms with Gasteiger partial charge >= 0.3 is 0 Å². The first-order chi connectivity index (χ1) is 11.8. The van der Waals surface area contributed by atoms with Crippen LogP contribution in [0.2, 0.25) is 0 Å². The number of nitrogen functional groups attached to an aromatic ring is 1. The Labute approximate surface area is 143 Å². The quantitative estimate of drug-likeness (QED) is 0.516. The molecule has 0 atom stereocenters. The number of hydrogen-bond donors (Lipinski definition) is 3. The summed E-state index contributed by atoms with van der Waals surface area (Å²) in [6, 6.07) is 14.2. The van der Waals surface area contributed by atoms with Gasteiger partial charge in [-0.2, -0.15) is 5.10 Å². The van der Waals surface area contributed by atoms with Crippen molar-refractivity contribution in [2.45, 2.75) is 6.42 Å². The van der Waals surface area contributed by atoms with Crippen molar-refractivity contribution in [3.05, 3.63) is 58.9 Å². The first kappa shape index (κ1) is 14.7. The SMILES string of the molecule is Nc1cc(NCCc2cccs2)c2ccc(-c3cc[nH]n3)cc2n1. The smallest absolute Gasteiger partial charge is 0.126 e. The zero-order valence-electron chi connectivity index (χ0n) is 13.0. The molecular weight excluding hydrogens is 318 g/mol. The van der Waals surface area contributed by atoms with Crippen LogP contribution in [0.3, 0.4) is 0 Å². The third kappa shape index (κ3) is 2.96. The molecule has 6 heteroatoms. The number of anilines is 2. The van der Waals surface area contributed by atoms with E-state index in [0.717, 1.165) is 40.8 Å². The maximum Gasteiger partial charge on any atom is 0.126 e. The largest absolute Gasteiger partial charge is 0.384 e. The molecule has 3 heterocycles. The van der Waals surface area contributed by atoms with Gasteiger partial charge in [0.15, 0.2) is 0 Å². The van der Waals surface area contributed by atoms with Crippen LogP contribution in [-0.2, 0) is 6.42 Å². The number of aromatic amines is 1. The van der Waals surface area contributed by atoms with E-state index in [1.54, 1.807) is 11.3 Å². The van der Waals surface area contributed by atoms with Gasteiger partial charge < -0.3 is 11.1 Å². The Hall–Kier alpha value is -2.86. The van der Waals surface area contributed by atoms with Crippen molar-refractivity contribution in [1.82, 2.24) is 15.2 Å². The van der Waals surface area contributed by atoms with Crippen LogP contribution in [-0.4, -0.2) is 21.7 Å². The monoisotopic (exact) mass is 335 g/mol. The van der Waals surface area contributed by atoms with E-state index < -0.39 is 0 Å². The number of thiophene rings is 1. The summed E-state index contributed by atoms with van der Waals surface area (Å²) >= 11 is 1.78. The zero-order valence-corrected chi connectivity index (χ0v) is 13.8. The maximum absolute atomic E-state index is 5.99. The second kappa shape index (κ2) is 6.33. The lowest BCUT2D eigenvalue weighted by Gasteiger charge is -2.11. The zero-order chi connectivity index (χ0) is 16.4. The van der Waals surface area contributed by atoms with E-state index in [-0.39, 0.29) is 0 Å². The van der Waals surface area contributed by atoms with Crippen molar-refractivity contribution in [3.8, 4) is 11.3 Å². The molecule has 0 aliphatic rings. The number of H-pyrrole nitrogens is 1. The summed E-state index contributed by atoms with van der Waals surface area (Å²) in [7, 11) is 0. The first-order valence-corrected chi connectivity index (χ1v) is 8.64. The molecular formula is C18H17N5S. The van der Waals surface area contributed by atoms with Crippen LogP contribution < -0.4 is 11.1 Å². The van der Waals surface area contributed by atoms with Crippen molar-refractivity contribution >= 4 is 33.7 Å². The van der Waals surface area contributed by atoms with E-state index in [0.29, 0.717) is 5.82 Å². The predicted octanol–water partition coefficient (Wildman–Crippen LogP) is 3.92.